The van der Waals surface area contributed by atoms with Crippen LogP contribution in [0.25, 0.3) is 0 Å². The van der Waals surface area contributed by atoms with Crippen LogP contribution in [0.5, 0.6) is 5.75 Å². The molecule has 5 nitrogen and oxygen atoms in total. The standard InChI is InChI=1S/C9H12BNO4/c1-11(5-6-12)8-3-2-4-9(7-8)15-10(13)14/h2-4,6-7,13-14H,5H2,1H3. The number of rotatable bonds is 5. The van der Waals surface area contributed by atoms with E-state index in [1.54, 1.807) is 36.2 Å². The third kappa shape index (κ3) is 3.61. The van der Waals surface area contributed by atoms with Gasteiger partial charge in [0.2, 0.25) is 0 Å². The minimum Gasteiger partial charge on any atom is -0.512 e. The quantitative estimate of drug-likeness (QED) is 0.513. The third-order valence-electron chi connectivity index (χ3n) is 1.85. The number of hydrogen-bond acceptors (Lipinski definition) is 5. The Bertz CT molecular complexity index is 332. The summed E-state index contributed by atoms with van der Waals surface area (Å²) in [5.74, 6) is 0.334. The topological polar surface area (TPSA) is 70.0 Å². The maximum absolute atomic E-state index is 10.3. The largest absolute Gasteiger partial charge is 0.707 e. The molecule has 1 aromatic rings. The van der Waals surface area contributed by atoms with Crippen molar-refractivity contribution < 1.29 is 19.5 Å². The minimum atomic E-state index is -1.84. The minimum absolute atomic E-state index is 0.269. The summed E-state index contributed by atoms with van der Waals surface area (Å²) in [5, 5.41) is 17.2. The van der Waals surface area contributed by atoms with E-state index in [1.165, 1.54) is 0 Å². The molecule has 0 fully saturated rings. The molecule has 6 heteroatoms. The molecule has 0 aliphatic rings. The molecule has 0 saturated heterocycles. The first-order valence-corrected chi connectivity index (χ1v) is 4.41. The predicted molar refractivity (Wildman–Crippen MR) is 56.6 cm³/mol. The third-order valence-corrected chi connectivity index (χ3v) is 1.85. The second-order valence-corrected chi connectivity index (χ2v) is 2.99. The molecule has 1 aromatic carbocycles. The zero-order chi connectivity index (χ0) is 11.3. The Balaban J connectivity index is 2.77. The summed E-state index contributed by atoms with van der Waals surface area (Å²) < 4.78 is 4.68. The molecule has 0 amide bonds. The van der Waals surface area contributed by atoms with Crippen molar-refractivity contribution in [1.82, 2.24) is 0 Å². The normalized spacial score (nSPS) is 9.53. The first-order valence-electron chi connectivity index (χ1n) is 4.41. The number of nitrogens with zero attached hydrogens (tertiary/aromatic N) is 1. The van der Waals surface area contributed by atoms with Gasteiger partial charge in [-0.2, -0.15) is 0 Å². The van der Waals surface area contributed by atoms with Crippen molar-refractivity contribution in [3.8, 4) is 5.75 Å². The number of anilines is 1. The first kappa shape index (κ1) is 11.5. The van der Waals surface area contributed by atoms with Crippen LogP contribution in [0.2, 0.25) is 0 Å². The summed E-state index contributed by atoms with van der Waals surface area (Å²) in [5.41, 5.74) is 0.764. The molecule has 0 heterocycles. The van der Waals surface area contributed by atoms with E-state index in [1.807, 2.05) is 0 Å². The highest BCUT2D eigenvalue weighted by Crippen LogP contribution is 2.19. The van der Waals surface area contributed by atoms with Crippen LogP contribution < -0.4 is 9.55 Å². The van der Waals surface area contributed by atoms with E-state index in [9.17, 15) is 4.79 Å². The Kier molecular flexibility index (Phi) is 4.14. The van der Waals surface area contributed by atoms with E-state index in [-0.39, 0.29) is 6.54 Å². The lowest BCUT2D eigenvalue weighted by Crippen LogP contribution is -2.22. The number of carbonyl (C=O) groups is 1. The predicted octanol–water partition coefficient (Wildman–Crippen LogP) is -0.330. The molecule has 0 radical (unpaired) electrons. The lowest BCUT2D eigenvalue weighted by Gasteiger charge is -2.16. The van der Waals surface area contributed by atoms with Crippen molar-refractivity contribution in [2.24, 2.45) is 0 Å². The highest BCUT2D eigenvalue weighted by Gasteiger charge is 2.11. The lowest BCUT2D eigenvalue weighted by molar-refractivity contribution is -0.106. The van der Waals surface area contributed by atoms with Crippen molar-refractivity contribution in [3.05, 3.63) is 24.3 Å². The summed E-state index contributed by atoms with van der Waals surface area (Å²) in [6.07, 6.45) is 0.786. The van der Waals surface area contributed by atoms with Gasteiger partial charge in [0.25, 0.3) is 0 Å². The van der Waals surface area contributed by atoms with Crippen LogP contribution in [0.1, 0.15) is 0 Å². The molecule has 0 atom stereocenters. The number of likely N-dealkylation sites (N-methyl/N-ethyl adjacent to an activating group) is 1. The molecule has 1 rings (SSSR count). The van der Waals surface area contributed by atoms with Gasteiger partial charge >= 0.3 is 7.32 Å². The fourth-order valence-corrected chi connectivity index (χ4v) is 1.13. The lowest BCUT2D eigenvalue weighted by atomic mass is 10.2. The van der Waals surface area contributed by atoms with Gasteiger partial charge in [-0.05, 0) is 12.1 Å². The van der Waals surface area contributed by atoms with E-state index < -0.39 is 7.32 Å². The first-order chi connectivity index (χ1) is 7.13. The van der Waals surface area contributed by atoms with Gasteiger partial charge < -0.3 is 24.4 Å². The van der Waals surface area contributed by atoms with Gasteiger partial charge in [-0.1, -0.05) is 6.07 Å². The summed E-state index contributed by atoms with van der Waals surface area (Å²) in [7, 11) is -0.0836. The zero-order valence-corrected chi connectivity index (χ0v) is 8.33. The van der Waals surface area contributed by atoms with E-state index in [0.29, 0.717) is 5.75 Å². The molecule has 0 saturated carbocycles. The summed E-state index contributed by atoms with van der Waals surface area (Å²) in [6, 6.07) is 6.70. The van der Waals surface area contributed by atoms with Gasteiger partial charge in [0.05, 0.1) is 6.54 Å². The monoisotopic (exact) mass is 209 g/mol. The fourth-order valence-electron chi connectivity index (χ4n) is 1.13. The van der Waals surface area contributed by atoms with Crippen molar-refractivity contribution in [3.63, 3.8) is 0 Å². The maximum Gasteiger partial charge on any atom is 0.707 e. The Morgan fingerprint density at radius 2 is 2.27 bits per heavy atom. The molecule has 0 spiro atoms. The van der Waals surface area contributed by atoms with Gasteiger partial charge in [0, 0.05) is 18.8 Å². The Morgan fingerprint density at radius 1 is 1.53 bits per heavy atom. The Labute approximate surface area is 88.1 Å². The smallest absolute Gasteiger partial charge is 0.512 e. The van der Waals surface area contributed by atoms with E-state index in [4.69, 9.17) is 10.0 Å². The van der Waals surface area contributed by atoms with Gasteiger partial charge in [-0.15, -0.1) is 0 Å². The molecule has 15 heavy (non-hydrogen) atoms. The molecule has 0 bridgehead atoms. The summed E-state index contributed by atoms with van der Waals surface area (Å²) in [6.45, 7) is 0.269. The van der Waals surface area contributed by atoms with E-state index in [2.05, 4.69) is 4.65 Å². The summed E-state index contributed by atoms with van der Waals surface area (Å²) in [4.78, 5) is 12.0. The van der Waals surface area contributed by atoms with Crippen LogP contribution in [0, 0.1) is 0 Å². The van der Waals surface area contributed by atoms with Crippen molar-refractivity contribution >= 4 is 19.3 Å². The molecular formula is C9H12BNO4. The SMILES string of the molecule is CN(CC=O)c1cccc(OB(O)O)c1. The second kappa shape index (κ2) is 5.38. The van der Waals surface area contributed by atoms with E-state index in [0.717, 1.165) is 12.0 Å². The number of benzene rings is 1. The fraction of sp³-hybridized carbons (Fsp3) is 0.222. The van der Waals surface area contributed by atoms with E-state index >= 15 is 0 Å². The molecule has 0 aromatic heterocycles. The number of aldehydes is 1. The average Bonchev–Trinajstić information content (AvgIpc) is 2.17. The van der Waals surface area contributed by atoms with Crippen molar-refractivity contribution in [2.45, 2.75) is 0 Å². The average molecular weight is 209 g/mol. The maximum atomic E-state index is 10.3. The molecule has 0 aliphatic heterocycles. The second-order valence-electron chi connectivity index (χ2n) is 2.99. The molecule has 2 N–H and O–H groups in total. The van der Waals surface area contributed by atoms with Gasteiger partial charge in [0.15, 0.2) is 0 Å². The number of carbonyl (C=O) groups excluding carboxylic acids is 1. The number of hydrogen-bond donors (Lipinski definition) is 2. The van der Waals surface area contributed by atoms with Gasteiger partial charge in [-0.3, -0.25) is 0 Å². The highest BCUT2D eigenvalue weighted by molar-refractivity contribution is 6.33. The van der Waals surface area contributed by atoms with Crippen LogP contribution in [-0.2, 0) is 4.79 Å². The van der Waals surface area contributed by atoms with Gasteiger partial charge in [0.1, 0.15) is 12.0 Å². The molecule has 0 unspecified atom stereocenters. The molecule has 0 aliphatic carbocycles. The zero-order valence-electron chi connectivity index (χ0n) is 8.33. The molecule has 80 valence electrons. The van der Waals surface area contributed by atoms with Crippen LogP contribution >= 0.6 is 0 Å². The van der Waals surface area contributed by atoms with Crippen molar-refractivity contribution in [1.29, 1.82) is 0 Å². The van der Waals surface area contributed by atoms with Crippen LogP contribution in [0.3, 0.4) is 0 Å². The van der Waals surface area contributed by atoms with Gasteiger partial charge in [-0.25, -0.2) is 0 Å². The van der Waals surface area contributed by atoms with Crippen LogP contribution in [0.15, 0.2) is 24.3 Å². The van der Waals surface area contributed by atoms with Crippen LogP contribution in [-0.4, -0.2) is 37.2 Å². The highest BCUT2D eigenvalue weighted by atomic mass is 16.6. The summed E-state index contributed by atoms with van der Waals surface area (Å²) >= 11 is 0. The van der Waals surface area contributed by atoms with Crippen LogP contribution in [0.4, 0.5) is 5.69 Å². The van der Waals surface area contributed by atoms with Crippen molar-refractivity contribution in [2.75, 3.05) is 18.5 Å². The molecular weight excluding hydrogens is 197 g/mol. The Hall–Kier alpha value is -1.53. The Morgan fingerprint density at radius 3 is 2.87 bits per heavy atom.